The highest BCUT2D eigenvalue weighted by atomic mass is 35.5. The van der Waals surface area contributed by atoms with Crippen LogP contribution >= 0.6 is 11.6 Å². The molecule has 0 saturated heterocycles. The Morgan fingerprint density at radius 1 is 1.43 bits per heavy atom. The zero-order valence-electron chi connectivity index (χ0n) is 13.7. The number of rotatable bonds is 2. The third-order valence-electron chi connectivity index (χ3n) is 6.10. The number of nitrogens with zero attached hydrogens (tertiary/aromatic N) is 1. The van der Waals surface area contributed by atoms with Crippen molar-refractivity contribution < 1.29 is 4.79 Å². The first-order chi connectivity index (χ1) is 10.9. The number of halogens is 1. The standard InChI is InChI=1S/C18H22ClN3O/c1-9-12-4-10(6-18(12,2)3)16(9)22-17(23)14-5-11-13(19)7-20-8-15(11)21-14/h5,7-10,12,16,21H,4,6H2,1-3H3,(H,22,23)/t9-,10?,12-,16+/m0/s1. The Balaban J connectivity index is 1.55. The van der Waals surface area contributed by atoms with E-state index in [1.54, 1.807) is 12.4 Å². The van der Waals surface area contributed by atoms with Crippen LogP contribution in [-0.4, -0.2) is 21.9 Å². The highest BCUT2D eigenvalue weighted by molar-refractivity contribution is 6.35. The minimum Gasteiger partial charge on any atom is -0.349 e. The van der Waals surface area contributed by atoms with Crippen molar-refractivity contribution in [2.75, 3.05) is 0 Å². The van der Waals surface area contributed by atoms with Gasteiger partial charge in [-0.2, -0.15) is 0 Å². The van der Waals surface area contributed by atoms with Crippen LogP contribution in [0.3, 0.4) is 0 Å². The molecule has 4 nitrogen and oxygen atoms in total. The number of H-pyrrole nitrogens is 1. The average Bonchev–Trinajstić information content (AvgIpc) is 3.12. The van der Waals surface area contributed by atoms with Gasteiger partial charge in [-0.1, -0.05) is 32.4 Å². The van der Waals surface area contributed by atoms with Crippen LogP contribution in [0.2, 0.25) is 5.02 Å². The molecule has 0 aromatic carbocycles. The van der Waals surface area contributed by atoms with E-state index in [9.17, 15) is 4.79 Å². The quantitative estimate of drug-likeness (QED) is 0.873. The molecule has 2 heterocycles. The van der Waals surface area contributed by atoms with Crippen LogP contribution in [0.4, 0.5) is 0 Å². The molecule has 5 heteroatoms. The van der Waals surface area contributed by atoms with Crippen LogP contribution in [0.5, 0.6) is 0 Å². The highest BCUT2D eigenvalue weighted by Crippen LogP contribution is 2.58. The summed E-state index contributed by atoms with van der Waals surface area (Å²) in [5.74, 6) is 1.80. The number of hydrogen-bond donors (Lipinski definition) is 2. The lowest BCUT2D eigenvalue weighted by molar-refractivity contribution is 0.0832. The monoisotopic (exact) mass is 331 g/mol. The van der Waals surface area contributed by atoms with Crippen molar-refractivity contribution in [2.24, 2.45) is 23.2 Å². The van der Waals surface area contributed by atoms with Crippen LogP contribution in [0.25, 0.3) is 10.9 Å². The molecule has 23 heavy (non-hydrogen) atoms. The number of aromatic amines is 1. The Morgan fingerprint density at radius 3 is 2.87 bits per heavy atom. The molecule has 4 atom stereocenters. The number of hydrogen-bond acceptors (Lipinski definition) is 2. The van der Waals surface area contributed by atoms with Crippen molar-refractivity contribution >= 4 is 28.4 Å². The van der Waals surface area contributed by atoms with Crippen LogP contribution in [-0.2, 0) is 0 Å². The fourth-order valence-corrected chi connectivity index (χ4v) is 5.27. The lowest BCUT2D eigenvalue weighted by Gasteiger charge is -2.39. The van der Waals surface area contributed by atoms with E-state index in [2.05, 4.69) is 36.1 Å². The molecule has 2 aromatic heterocycles. The summed E-state index contributed by atoms with van der Waals surface area (Å²) in [5.41, 5.74) is 1.76. The first-order valence-corrected chi connectivity index (χ1v) is 8.68. The van der Waals surface area contributed by atoms with Gasteiger partial charge < -0.3 is 10.3 Å². The summed E-state index contributed by atoms with van der Waals surface area (Å²) >= 11 is 6.14. The molecule has 122 valence electrons. The first kappa shape index (κ1) is 15.0. The van der Waals surface area contributed by atoms with Crippen molar-refractivity contribution in [1.29, 1.82) is 0 Å². The fraction of sp³-hybridized carbons (Fsp3) is 0.556. The maximum absolute atomic E-state index is 12.7. The average molecular weight is 332 g/mol. The summed E-state index contributed by atoms with van der Waals surface area (Å²) in [4.78, 5) is 19.8. The molecule has 2 saturated carbocycles. The number of carbonyl (C=O) groups is 1. The van der Waals surface area contributed by atoms with Gasteiger partial charge in [-0.25, -0.2) is 0 Å². The maximum atomic E-state index is 12.7. The third kappa shape index (κ3) is 2.26. The van der Waals surface area contributed by atoms with E-state index in [4.69, 9.17) is 11.6 Å². The maximum Gasteiger partial charge on any atom is 0.267 e. The van der Waals surface area contributed by atoms with Crippen LogP contribution < -0.4 is 5.32 Å². The van der Waals surface area contributed by atoms with E-state index < -0.39 is 0 Å². The topological polar surface area (TPSA) is 57.8 Å². The number of carbonyl (C=O) groups excluding carboxylic acids is 1. The number of aromatic nitrogens is 2. The van der Waals surface area contributed by atoms with Gasteiger partial charge in [0.05, 0.1) is 16.7 Å². The van der Waals surface area contributed by atoms with Crippen molar-refractivity contribution in [3.63, 3.8) is 0 Å². The molecule has 2 aliphatic carbocycles. The molecule has 2 aliphatic rings. The van der Waals surface area contributed by atoms with E-state index in [1.165, 1.54) is 12.8 Å². The number of pyridine rings is 1. The van der Waals surface area contributed by atoms with Gasteiger partial charge in [-0.05, 0) is 42.1 Å². The van der Waals surface area contributed by atoms with Gasteiger partial charge in [0.25, 0.3) is 5.91 Å². The molecule has 2 aromatic rings. The van der Waals surface area contributed by atoms with Crippen molar-refractivity contribution in [3.05, 3.63) is 29.2 Å². The third-order valence-corrected chi connectivity index (χ3v) is 6.40. The van der Waals surface area contributed by atoms with Gasteiger partial charge in [0, 0.05) is 17.6 Å². The second-order valence-electron chi connectivity index (χ2n) is 7.92. The molecule has 0 spiro atoms. The minimum absolute atomic E-state index is 0.0422. The van der Waals surface area contributed by atoms with Crippen molar-refractivity contribution in [2.45, 2.75) is 39.7 Å². The number of nitrogens with one attached hydrogen (secondary N) is 2. The van der Waals surface area contributed by atoms with E-state index in [0.717, 1.165) is 10.9 Å². The summed E-state index contributed by atoms with van der Waals surface area (Å²) in [6.45, 7) is 7.00. The predicted octanol–water partition coefficient (Wildman–Crippen LogP) is 4.02. The SMILES string of the molecule is C[C@@H]1[C@@H](NC(=O)c2cc3c(Cl)cncc3[nH]2)C2C[C@@H]1C(C)(C)C2. The molecule has 0 radical (unpaired) electrons. The summed E-state index contributed by atoms with van der Waals surface area (Å²) < 4.78 is 0. The van der Waals surface area contributed by atoms with Gasteiger partial charge in [0.15, 0.2) is 0 Å². The van der Waals surface area contributed by atoms with Gasteiger partial charge in [0.2, 0.25) is 0 Å². The molecule has 0 aliphatic heterocycles. The van der Waals surface area contributed by atoms with Crippen LogP contribution in [0, 0.1) is 23.2 Å². The molecule has 2 bridgehead atoms. The Morgan fingerprint density at radius 2 is 2.22 bits per heavy atom. The lowest BCUT2D eigenvalue weighted by atomic mass is 9.70. The van der Waals surface area contributed by atoms with E-state index in [0.29, 0.717) is 33.9 Å². The molecular weight excluding hydrogens is 310 g/mol. The predicted molar refractivity (Wildman–Crippen MR) is 91.5 cm³/mol. The number of fused-ring (bicyclic) bond motifs is 3. The normalized spacial score (nSPS) is 31.7. The van der Waals surface area contributed by atoms with E-state index in [1.807, 2.05) is 6.07 Å². The summed E-state index contributed by atoms with van der Waals surface area (Å²) in [6, 6.07) is 2.09. The smallest absolute Gasteiger partial charge is 0.267 e. The zero-order chi connectivity index (χ0) is 16.4. The van der Waals surface area contributed by atoms with Gasteiger partial charge in [0.1, 0.15) is 5.69 Å². The Labute approximate surface area is 141 Å². The van der Waals surface area contributed by atoms with Crippen LogP contribution in [0.15, 0.2) is 18.5 Å². The summed E-state index contributed by atoms with van der Waals surface area (Å²) in [6.07, 6.45) is 5.73. The van der Waals surface area contributed by atoms with Gasteiger partial charge in [-0.3, -0.25) is 9.78 Å². The second-order valence-corrected chi connectivity index (χ2v) is 8.33. The lowest BCUT2D eigenvalue weighted by Crippen LogP contribution is -2.46. The summed E-state index contributed by atoms with van der Waals surface area (Å²) in [7, 11) is 0. The summed E-state index contributed by atoms with van der Waals surface area (Å²) in [5, 5.41) is 4.67. The first-order valence-electron chi connectivity index (χ1n) is 8.30. The Kier molecular flexibility index (Phi) is 3.24. The fourth-order valence-electron chi connectivity index (χ4n) is 5.05. The van der Waals surface area contributed by atoms with Crippen molar-refractivity contribution in [3.8, 4) is 0 Å². The molecule has 1 unspecified atom stereocenters. The van der Waals surface area contributed by atoms with Crippen LogP contribution in [0.1, 0.15) is 44.1 Å². The van der Waals surface area contributed by atoms with Crippen molar-refractivity contribution in [1.82, 2.24) is 15.3 Å². The molecule has 1 amide bonds. The number of amides is 1. The molecular formula is C18H22ClN3O. The second kappa shape index (κ2) is 4.97. The van der Waals surface area contributed by atoms with E-state index in [-0.39, 0.29) is 11.9 Å². The minimum atomic E-state index is -0.0422. The van der Waals surface area contributed by atoms with Gasteiger partial charge >= 0.3 is 0 Å². The van der Waals surface area contributed by atoms with Gasteiger partial charge in [-0.15, -0.1) is 0 Å². The Bertz CT molecular complexity index is 780. The molecule has 2 fully saturated rings. The Hall–Kier alpha value is -1.55. The highest BCUT2D eigenvalue weighted by Gasteiger charge is 2.54. The molecule has 2 N–H and O–H groups in total. The van der Waals surface area contributed by atoms with E-state index >= 15 is 0 Å². The molecule has 4 rings (SSSR count). The largest absolute Gasteiger partial charge is 0.349 e. The zero-order valence-corrected chi connectivity index (χ0v) is 14.4.